The fraction of sp³-hybridized carbons (Fsp3) is 0.462. The molecule has 1 aliphatic rings. The highest BCUT2D eigenvalue weighted by molar-refractivity contribution is 5.52. The van der Waals surface area contributed by atoms with E-state index < -0.39 is 12.2 Å². The summed E-state index contributed by atoms with van der Waals surface area (Å²) in [5.41, 5.74) is 1.22. The molecule has 8 heteroatoms. The molecule has 2 unspecified atom stereocenters. The minimum atomic E-state index is -4.35. The molecule has 3 rings (SSSR count). The van der Waals surface area contributed by atoms with Crippen LogP contribution in [-0.2, 0) is 0 Å². The van der Waals surface area contributed by atoms with Crippen LogP contribution in [0.2, 0.25) is 0 Å². The summed E-state index contributed by atoms with van der Waals surface area (Å²) in [6.07, 6.45) is -4.42. The molecule has 0 bridgehead atoms. The van der Waals surface area contributed by atoms with Gasteiger partial charge in [0.25, 0.3) is 0 Å². The van der Waals surface area contributed by atoms with Crippen LogP contribution in [0.1, 0.15) is 25.1 Å². The molecule has 2 aromatic rings. The van der Waals surface area contributed by atoms with Gasteiger partial charge in [0.1, 0.15) is 5.69 Å². The number of aromatic nitrogens is 4. The van der Waals surface area contributed by atoms with E-state index in [9.17, 15) is 13.2 Å². The number of pyridine rings is 1. The Hall–Kier alpha value is -2.12. The van der Waals surface area contributed by atoms with Crippen LogP contribution < -0.4 is 5.32 Å². The third-order valence-corrected chi connectivity index (χ3v) is 3.37. The van der Waals surface area contributed by atoms with Crippen LogP contribution in [0.5, 0.6) is 0 Å². The molecule has 0 saturated carbocycles. The first kappa shape index (κ1) is 13.8. The number of anilines is 1. The highest BCUT2D eigenvalue weighted by Gasteiger charge is 2.46. The topological polar surface area (TPSA) is 55.6 Å². The minimum absolute atomic E-state index is 0.0689. The third kappa shape index (κ3) is 2.57. The molecular weight excluding hydrogens is 283 g/mol. The number of aryl methyl sites for hydroxylation is 1. The highest BCUT2D eigenvalue weighted by Crippen LogP contribution is 2.39. The average molecular weight is 297 g/mol. The predicted molar refractivity (Wildman–Crippen MR) is 70.8 cm³/mol. The van der Waals surface area contributed by atoms with Crippen LogP contribution in [0.25, 0.3) is 11.5 Å². The van der Waals surface area contributed by atoms with Crippen LogP contribution in [0.3, 0.4) is 0 Å². The Labute approximate surface area is 119 Å². The lowest BCUT2D eigenvalue weighted by Crippen LogP contribution is -2.38. The minimum Gasteiger partial charge on any atom is -0.352 e. The Morgan fingerprint density at radius 1 is 1.29 bits per heavy atom. The van der Waals surface area contributed by atoms with Crippen LogP contribution in [0.4, 0.5) is 19.1 Å². The van der Waals surface area contributed by atoms with Gasteiger partial charge >= 0.3 is 6.18 Å². The molecule has 0 aliphatic carbocycles. The van der Waals surface area contributed by atoms with Gasteiger partial charge in [-0.2, -0.15) is 18.2 Å². The fourth-order valence-corrected chi connectivity index (χ4v) is 2.40. The number of halogens is 3. The molecule has 2 atom stereocenters. The summed E-state index contributed by atoms with van der Waals surface area (Å²) < 4.78 is 40.3. The summed E-state index contributed by atoms with van der Waals surface area (Å²) in [4.78, 5) is 8.40. The molecule has 0 saturated heterocycles. The molecule has 1 N–H and O–H groups in total. The zero-order valence-corrected chi connectivity index (χ0v) is 11.5. The molecular formula is C13H14F3N5. The van der Waals surface area contributed by atoms with Crippen molar-refractivity contribution in [3.63, 3.8) is 0 Å². The van der Waals surface area contributed by atoms with Crippen molar-refractivity contribution in [3.8, 4) is 11.5 Å². The second-order valence-corrected chi connectivity index (χ2v) is 5.21. The number of alkyl halides is 3. The van der Waals surface area contributed by atoms with Gasteiger partial charge in [0.05, 0.1) is 0 Å². The van der Waals surface area contributed by atoms with Crippen molar-refractivity contribution in [3.05, 3.63) is 23.9 Å². The zero-order chi connectivity index (χ0) is 15.2. The van der Waals surface area contributed by atoms with Gasteiger partial charge in [-0.05, 0) is 32.4 Å². The zero-order valence-electron chi connectivity index (χ0n) is 11.5. The van der Waals surface area contributed by atoms with Crippen molar-refractivity contribution in [2.45, 2.75) is 38.5 Å². The molecule has 5 nitrogen and oxygen atoms in total. The van der Waals surface area contributed by atoms with Crippen molar-refractivity contribution in [1.82, 2.24) is 19.7 Å². The van der Waals surface area contributed by atoms with Gasteiger partial charge in [-0.1, -0.05) is 6.07 Å². The maximum absolute atomic E-state index is 13.1. The lowest BCUT2D eigenvalue weighted by Gasteiger charge is -2.30. The van der Waals surface area contributed by atoms with Gasteiger partial charge in [0.15, 0.2) is 6.04 Å². The van der Waals surface area contributed by atoms with E-state index in [4.69, 9.17) is 0 Å². The first-order valence-corrected chi connectivity index (χ1v) is 6.58. The monoisotopic (exact) mass is 297 g/mol. The van der Waals surface area contributed by atoms with Gasteiger partial charge in [-0.25, -0.2) is 9.67 Å². The maximum Gasteiger partial charge on any atom is 0.411 e. The lowest BCUT2D eigenvalue weighted by atomic mass is 10.1. The molecule has 0 amide bonds. The molecule has 3 heterocycles. The normalized spacial score (nSPS) is 21.8. The Balaban J connectivity index is 2.05. The van der Waals surface area contributed by atoms with Crippen molar-refractivity contribution >= 4 is 5.95 Å². The van der Waals surface area contributed by atoms with Crippen molar-refractivity contribution in [2.24, 2.45) is 0 Å². The Morgan fingerprint density at radius 3 is 2.71 bits per heavy atom. The number of nitrogens with one attached hydrogen (secondary N) is 1. The third-order valence-electron chi connectivity index (χ3n) is 3.37. The highest BCUT2D eigenvalue weighted by atomic mass is 19.4. The van der Waals surface area contributed by atoms with Crippen LogP contribution in [0.15, 0.2) is 18.2 Å². The Kier molecular flexibility index (Phi) is 3.11. The Bertz CT molecular complexity index is 664. The number of nitrogens with zero attached hydrogens (tertiary/aromatic N) is 4. The van der Waals surface area contributed by atoms with E-state index in [0.717, 1.165) is 10.4 Å². The maximum atomic E-state index is 13.1. The van der Waals surface area contributed by atoms with Crippen molar-refractivity contribution < 1.29 is 13.2 Å². The molecule has 2 aromatic heterocycles. The van der Waals surface area contributed by atoms with E-state index in [1.807, 2.05) is 0 Å². The second kappa shape index (κ2) is 4.71. The van der Waals surface area contributed by atoms with Crippen LogP contribution in [0, 0.1) is 6.92 Å². The number of fused-ring (bicyclic) bond motifs is 1. The molecule has 0 spiro atoms. The van der Waals surface area contributed by atoms with E-state index in [-0.39, 0.29) is 24.2 Å². The summed E-state index contributed by atoms with van der Waals surface area (Å²) in [7, 11) is 0. The van der Waals surface area contributed by atoms with Crippen LogP contribution >= 0.6 is 0 Å². The molecule has 21 heavy (non-hydrogen) atoms. The van der Waals surface area contributed by atoms with Crippen LogP contribution in [-0.4, -0.2) is 32.0 Å². The van der Waals surface area contributed by atoms with E-state index >= 15 is 0 Å². The fourth-order valence-electron chi connectivity index (χ4n) is 2.40. The molecule has 0 radical (unpaired) electrons. The standard InChI is InChI=1S/C13H14F3N5/c1-7-4-3-5-9(17-7)11-19-12-18-8(2)6-10(13(14,15)16)21(12)20-11/h3-5,8,10H,6H2,1-2H3,(H,18,19,20). The molecule has 112 valence electrons. The summed E-state index contributed by atoms with van der Waals surface area (Å²) >= 11 is 0. The predicted octanol–water partition coefficient (Wildman–Crippen LogP) is 2.96. The first-order chi connectivity index (χ1) is 9.84. The lowest BCUT2D eigenvalue weighted by molar-refractivity contribution is -0.173. The first-order valence-electron chi connectivity index (χ1n) is 6.58. The molecule has 0 fully saturated rings. The average Bonchev–Trinajstić information content (AvgIpc) is 2.80. The summed E-state index contributed by atoms with van der Waals surface area (Å²) in [5.74, 6) is 0.332. The van der Waals surface area contributed by atoms with Gasteiger partial charge in [-0.15, -0.1) is 5.10 Å². The molecule has 0 aromatic carbocycles. The van der Waals surface area contributed by atoms with Gasteiger partial charge in [0.2, 0.25) is 11.8 Å². The summed E-state index contributed by atoms with van der Waals surface area (Å²) in [6.45, 7) is 3.50. The van der Waals surface area contributed by atoms with Gasteiger partial charge < -0.3 is 5.32 Å². The molecule has 1 aliphatic heterocycles. The van der Waals surface area contributed by atoms with Crippen molar-refractivity contribution in [2.75, 3.05) is 5.32 Å². The van der Waals surface area contributed by atoms with E-state index in [1.54, 1.807) is 32.0 Å². The second-order valence-electron chi connectivity index (χ2n) is 5.21. The van der Waals surface area contributed by atoms with Gasteiger partial charge in [0, 0.05) is 11.7 Å². The summed E-state index contributed by atoms with van der Waals surface area (Å²) in [6, 6.07) is 3.29. The smallest absolute Gasteiger partial charge is 0.352 e. The van der Waals surface area contributed by atoms with E-state index in [2.05, 4.69) is 20.4 Å². The Morgan fingerprint density at radius 2 is 2.05 bits per heavy atom. The largest absolute Gasteiger partial charge is 0.411 e. The summed E-state index contributed by atoms with van der Waals surface area (Å²) in [5, 5.41) is 6.93. The van der Waals surface area contributed by atoms with E-state index in [1.165, 1.54) is 0 Å². The van der Waals surface area contributed by atoms with Gasteiger partial charge in [-0.3, -0.25) is 0 Å². The van der Waals surface area contributed by atoms with E-state index in [0.29, 0.717) is 5.69 Å². The van der Waals surface area contributed by atoms with Crippen molar-refractivity contribution in [1.29, 1.82) is 0 Å². The number of hydrogen-bond acceptors (Lipinski definition) is 4. The quantitative estimate of drug-likeness (QED) is 0.879. The SMILES string of the molecule is Cc1cccc(-c2nc3n(n2)C(C(F)(F)F)CC(C)N3)n1. The number of hydrogen-bond donors (Lipinski definition) is 1. The number of rotatable bonds is 1.